The zero-order valence-corrected chi connectivity index (χ0v) is 17.9. The molecule has 1 amide bonds. The average molecular weight is 462 g/mol. The van der Waals surface area contributed by atoms with Crippen LogP contribution in [0, 0.1) is 13.8 Å². The van der Waals surface area contributed by atoms with E-state index in [0.29, 0.717) is 5.96 Å². The van der Waals surface area contributed by atoms with Gasteiger partial charge in [0.05, 0.1) is 5.69 Å². The summed E-state index contributed by atoms with van der Waals surface area (Å²) < 4.78 is 2.03. The molecule has 0 aliphatic carbocycles. The third kappa shape index (κ3) is 7.21. The predicted molar refractivity (Wildman–Crippen MR) is 112 cm³/mol. The van der Waals surface area contributed by atoms with Crippen LogP contribution in [-0.2, 0) is 11.3 Å². The molecule has 1 aromatic heterocycles. The lowest BCUT2D eigenvalue weighted by Gasteiger charge is -2.15. The van der Waals surface area contributed by atoms with Crippen LogP contribution in [0.2, 0.25) is 0 Å². The maximum atomic E-state index is 12.1. The van der Waals surface area contributed by atoms with E-state index >= 15 is 0 Å². The molecule has 1 aromatic rings. The Morgan fingerprint density at radius 3 is 2.60 bits per heavy atom. The normalized spacial score (nSPS) is 14.4. The van der Waals surface area contributed by atoms with Gasteiger partial charge in [0.1, 0.15) is 6.54 Å². The summed E-state index contributed by atoms with van der Waals surface area (Å²) in [4.78, 5) is 18.4. The molecule has 1 aliphatic heterocycles. The van der Waals surface area contributed by atoms with Crippen molar-refractivity contribution in [3.05, 3.63) is 17.5 Å². The van der Waals surface area contributed by atoms with Crippen LogP contribution >= 0.6 is 24.0 Å². The molecule has 0 unspecified atom stereocenters. The molecule has 0 radical (unpaired) electrons. The van der Waals surface area contributed by atoms with E-state index in [2.05, 4.69) is 33.7 Å². The molecular weight excluding hydrogens is 431 g/mol. The van der Waals surface area contributed by atoms with Crippen LogP contribution in [0.1, 0.15) is 37.6 Å². The number of guanidine groups is 1. The predicted octanol–water partition coefficient (Wildman–Crippen LogP) is 1.69. The highest BCUT2D eigenvalue weighted by Gasteiger charge is 2.17. The topological polar surface area (TPSA) is 74.6 Å². The maximum absolute atomic E-state index is 12.1. The fourth-order valence-corrected chi connectivity index (χ4v) is 2.89. The number of rotatable bonds is 7. The zero-order valence-electron chi connectivity index (χ0n) is 15.5. The summed E-state index contributed by atoms with van der Waals surface area (Å²) >= 11 is 0. The Morgan fingerprint density at radius 1 is 1.28 bits per heavy atom. The third-order valence-corrected chi connectivity index (χ3v) is 4.12. The molecule has 0 saturated carbocycles. The quantitative estimate of drug-likeness (QED) is 0.280. The average Bonchev–Trinajstić information content (AvgIpc) is 3.18. The molecule has 2 N–H and O–H groups in total. The number of nitrogens with one attached hydrogen (secondary N) is 2. The van der Waals surface area contributed by atoms with E-state index in [9.17, 15) is 4.79 Å². The number of halogens is 1. The number of aliphatic imine (C=N–C) groups is 1. The second-order valence-electron chi connectivity index (χ2n) is 6.21. The molecule has 8 heteroatoms. The molecular formula is C17H31IN6O. The highest BCUT2D eigenvalue weighted by Crippen LogP contribution is 2.07. The lowest BCUT2D eigenvalue weighted by Crippen LogP contribution is -2.39. The van der Waals surface area contributed by atoms with Crippen molar-refractivity contribution in [3.63, 3.8) is 0 Å². The fraction of sp³-hybridized carbons (Fsp3) is 0.706. The standard InChI is InChI=1S/C17H30N6O.HI/c1-4-18-17(20-13-16(24)22-9-5-6-10-22)19-8-7-11-23-15(3)12-14(2)21-23;/h12H,4-11,13H2,1-3H3,(H2,18,19,20);1H. The van der Waals surface area contributed by atoms with Gasteiger partial charge in [-0.1, -0.05) is 0 Å². The number of amides is 1. The first-order valence-corrected chi connectivity index (χ1v) is 8.91. The second kappa shape index (κ2) is 11.3. The summed E-state index contributed by atoms with van der Waals surface area (Å²) in [5.41, 5.74) is 2.24. The van der Waals surface area contributed by atoms with E-state index in [1.54, 1.807) is 0 Å². The van der Waals surface area contributed by atoms with Crippen LogP contribution in [-0.4, -0.2) is 59.3 Å². The fourth-order valence-electron chi connectivity index (χ4n) is 2.89. The van der Waals surface area contributed by atoms with Gasteiger partial charge >= 0.3 is 0 Å². The third-order valence-electron chi connectivity index (χ3n) is 4.12. The van der Waals surface area contributed by atoms with Gasteiger partial charge in [-0.3, -0.25) is 9.48 Å². The van der Waals surface area contributed by atoms with Gasteiger partial charge in [-0.05, 0) is 46.1 Å². The van der Waals surface area contributed by atoms with Crippen LogP contribution in [0.5, 0.6) is 0 Å². The summed E-state index contributed by atoms with van der Waals surface area (Å²) in [7, 11) is 0. The van der Waals surface area contributed by atoms with E-state index in [0.717, 1.165) is 57.7 Å². The van der Waals surface area contributed by atoms with E-state index < -0.39 is 0 Å². The Bertz CT molecular complexity index is 565. The molecule has 1 saturated heterocycles. The summed E-state index contributed by atoms with van der Waals surface area (Å²) in [6, 6.07) is 2.09. The van der Waals surface area contributed by atoms with Crippen LogP contribution in [0.3, 0.4) is 0 Å². The van der Waals surface area contributed by atoms with E-state index in [-0.39, 0.29) is 36.4 Å². The number of aryl methyl sites for hydroxylation is 3. The first-order valence-electron chi connectivity index (χ1n) is 8.91. The summed E-state index contributed by atoms with van der Waals surface area (Å²) in [6.45, 7) is 10.5. The van der Waals surface area contributed by atoms with Crippen molar-refractivity contribution < 1.29 is 4.79 Å². The van der Waals surface area contributed by atoms with E-state index in [1.807, 2.05) is 23.4 Å². The first-order chi connectivity index (χ1) is 11.6. The molecule has 25 heavy (non-hydrogen) atoms. The van der Waals surface area contributed by atoms with Crippen molar-refractivity contribution in [1.82, 2.24) is 25.3 Å². The molecule has 1 aliphatic rings. The molecule has 142 valence electrons. The SMILES string of the molecule is CCNC(=NCC(=O)N1CCCC1)NCCCn1nc(C)cc1C.I. The molecule has 0 aromatic carbocycles. The lowest BCUT2D eigenvalue weighted by atomic mass is 10.4. The number of carbonyl (C=O) groups excluding carboxylic acids is 1. The van der Waals surface area contributed by atoms with Gasteiger partial charge in [0.2, 0.25) is 5.91 Å². The minimum atomic E-state index is 0. The van der Waals surface area contributed by atoms with Gasteiger partial charge < -0.3 is 15.5 Å². The van der Waals surface area contributed by atoms with Crippen molar-refractivity contribution in [2.45, 2.75) is 46.6 Å². The number of hydrogen-bond donors (Lipinski definition) is 2. The number of hydrogen-bond acceptors (Lipinski definition) is 3. The highest BCUT2D eigenvalue weighted by molar-refractivity contribution is 14.0. The summed E-state index contributed by atoms with van der Waals surface area (Å²) in [6.07, 6.45) is 3.17. The largest absolute Gasteiger partial charge is 0.357 e. The molecule has 0 atom stereocenters. The number of likely N-dealkylation sites (tertiary alicyclic amines) is 1. The van der Waals surface area contributed by atoms with Gasteiger partial charge in [-0.2, -0.15) is 5.10 Å². The van der Waals surface area contributed by atoms with Crippen LogP contribution in [0.4, 0.5) is 0 Å². The van der Waals surface area contributed by atoms with E-state index in [1.165, 1.54) is 5.69 Å². The van der Waals surface area contributed by atoms with Crippen LogP contribution in [0.25, 0.3) is 0 Å². The van der Waals surface area contributed by atoms with Gasteiger partial charge in [0, 0.05) is 38.4 Å². The van der Waals surface area contributed by atoms with Crippen molar-refractivity contribution in [2.24, 2.45) is 4.99 Å². The molecule has 1 fully saturated rings. The minimum Gasteiger partial charge on any atom is -0.357 e. The monoisotopic (exact) mass is 462 g/mol. The van der Waals surface area contributed by atoms with Crippen molar-refractivity contribution in [2.75, 3.05) is 32.7 Å². The van der Waals surface area contributed by atoms with Crippen molar-refractivity contribution in [1.29, 1.82) is 0 Å². The van der Waals surface area contributed by atoms with Gasteiger partial charge in [0.25, 0.3) is 0 Å². The molecule has 2 heterocycles. The minimum absolute atomic E-state index is 0. The zero-order chi connectivity index (χ0) is 17.4. The maximum Gasteiger partial charge on any atom is 0.244 e. The Balaban J connectivity index is 0.00000312. The number of nitrogens with zero attached hydrogens (tertiary/aromatic N) is 4. The molecule has 0 spiro atoms. The van der Waals surface area contributed by atoms with Gasteiger partial charge in [-0.25, -0.2) is 4.99 Å². The van der Waals surface area contributed by atoms with Crippen molar-refractivity contribution in [3.8, 4) is 0 Å². The van der Waals surface area contributed by atoms with E-state index in [4.69, 9.17) is 0 Å². The molecule has 7 nitrogen and oxygen atoms in total. The Labute approximate surface area is 167 Å². The van der Waals surface area contributed by atoms with Gasteiger partial charge in [-0.15, -0.1) is 24.0 Å². The summed E-state index contributed by atoms with van der Waals surface area (Å²) in [5.74, 6) is 0.825. The van der Waals surface area contributed by atoms with Crippen LogP contribution in [0.15, 0.2) is 11.1 Å². The number of aromatic nitrogens is 2. The van der Waals surface area contributed by atoms with Crippen LogP contribution < -0.4 is 10.6 Å². The van der Waals surface area contributed by atoms with Gasteiger partial charge in [0.15, 0.2) is 5.96 Å². The molecule has 0 bridgehead atoms. The highest BCUT2D eigenvalue weighted by atomic mass is 127. The second-order valence-corrected chi connectivity index (χ2v) is 6.21. The molecule has 2 rings (SSSR count). The Hall–Kier alpha value is -1.32. The lowest BCUT2D eigenvalue weighted by molar-refractivity contribution is -0.128. The number of carbonyl (C=O) groups is 1. The first kappa shape index (κ1) is 21.7. The summed E-state index contributed by atoms with van der Waals surface area (Å²) in [5, 5.41) is 10.9. The Morgan fingerprint density at radius 2 is 2.00 bits per heavy atom. The Kier molecular flexibility index (Phi) is 9.84. The smallest absolute Gasteiger partial charge is 0.244 e. The van der Waals surface area contributed by atoms with Crippen molar-refractivity contribution >= 4 is 35.8 Å².